The number of urea groups is 1. The number of nitrogens with zero attached hydrogens (tertiary/aromatic N) is 1. The summed E-state index contributed by atoms with van der Waals surface area (Å²) in [6, 6.07) is 13.4. The van der Waals surface area contributed by atoms with Crippen molar-refractivity contribution in [1.29, 1.82) is 0 Å². The number of benzene rings is 2. The third-order valence-electron chi connectivity index (χ3n) is 3.78. The van der Waals surface area contributed by atoms with E-state index in [1.807, 2.05) is 18.2 Å². The molecule has 0 unspecified atom stereocenters. The molecule has 0 saturated heterocycles. The molecule has 0 spiro atoms. The van der Waals surface area contributed by atoms with E-state index >= 15 is 0 Å². The van der Waals surface area contributed by atoms with Crippen molar-refractivity contribution in [2.24, 2.45) is 0 Å². The molecule has 2 aromatic rings. The zero-order valence-electron chi connectivity index (χ0n) is 14.4. The molecule has 0 bridgehead atoms. The summed E-state index contributed by atoms with van der Waals surface area (Å²) in [4.78, 5) is 24.8. The molecule has 0 saturated carbocycles. The fourth-order valence-electron chi connectivity index (χ4n) is 2.32. The van der Waals surface area contributed by atoms with E-state index in [9.17, 15) is 14.0 Å². The molecule has 132 valence electrons. The first-order chi connectivity index (χ1) is 12.0. The summed E-state index contributed by atoms with van der Waals surface area (Å²) in [6.07, 6.45) is 0.420. The smallest absolute Gasteiger partial charge is 0.319 e. The maximum atomic E-state index is 13.5. The van der Waals surface area contributed by atoms with E-state index in [1.54, 1.807) is 36.2 Å². The molecule has 2 rings (SSSR count). The summed E-state index contributed by atoms with van der Waals surface area (Å²) < 4.78 is 13.5. The van der Waals surface area contributed by atoms with Gasteiger partial charge in [-0.2, -0.15) is 0 Å². The van der Waals surface area contributed by atoms with Crippen molar-refractivity contribution >= 4 is 17.6 Å². The van der Waals surface area contributed by atoms with Crippen molar-refractivity contribution in [2.45, 2.75) is 19.9 Å². The highest BCUT2D eigenvalue weighted by molar-refractivity contribution is 5.89. The number of halogens is 1. The Morgan fingerprint density at radius 2 is 1.88 bits per heavy atom. The van der Waals surface area contributed by atoms with Crippen molar-refractivity contribution in [3.05, 3.63) is 65.5 Å². The predicted octanol–water partition coefficient (Wildman–Crippen LogP) is 3.17. The van der Waals surface area contributed by atoms with E-state index < -0.39 is 0 Å². The lowest BCUT2D eigenvalue weighted by molar-refractivity contribution is -0.128. The zero-order valence-corrected chi connectivity index (χ0v) is 14.4. The van der Waals surface area contributed by atoms with Crippen LogP contribution >= 0.6 is 0 Å². The van der Waals surface area contributed by atoms with Crippen LogP contribution in [-0.2, 0) is 17.8 Å². The minimum absolute atomic E-state index is 0.0238. The molecule has 3 amide bonds. The minimum Gasteiger partial charge on any atom is -0.342 e. The molecule has 0 radical (unpaired) electrons. The second-order valence-electron chi connectivity index (χ2n) is 5.80. The van der Waals surface area contributed by atoms with Crippen molar-refractivity contribution < 1.29 is 14.0 Å². The van der Waals surface area contributed by atoms with Gasteiger partial charge < -0.3 is 15.5 Å². The molecular weight excluding hydrogens is 321 g/mol. The molecule has 25 heavy (non-hydrogen) atoms. The number of amides is 3. The fraction of sp³-hybridized carbons (Fsp3) is 0.263. The Morgan fingerprint density at radius 3 is 2.60 bits per heavy atom. The van der Waals surface area contributed by atoms with Crippen molar-refractivity contribution in [3.63, 3.8) is 0 Å². The van der Waals surface area contributed by atoms with Gasteiger partial charge >= 0.3 is 6.03 Å². The molecule has 0 aromatic heterocycles. The van der Waals surface area contributed by atoms with Crippen LogP contribution < -0.4 is 10.6 Å². The first-order valence-corrected chi connectivity index (χ1v) is 8.04. The Labute approximate surface area is 146 Å². The van der Waals surface area contributed by atoms with E-state index in [0.29, 0.717) is 30.8 Å². The standard InChI is InChI=1S/C19H22FN3O2/c1-14(24)23(2)13-15-6-5-8-17(12-15)22-19(25)21-11-10-16-7-3-4-9-18(16)20/h3-9,12H,10-11,13H2,1-2H3,(H2,21,22,25). The second kappa shape index (κ2) is 8.82. The Morgan fingerprint density at radius 1 is 1.12 bits per heavy atom. The van der Waals surface area contributed by atoms with E-state index in [4.69, 9.17) is 0 Å². The van der Waals surface area contributed by atoms with Gasteiger partial charge in [0.2, 0.25) is 5.91 Å². The number of nitrogens with one attached hydrogen (secondary N) is 2. The number of hydrogen-bond acceptors (Lipinski definition) is 2. The van der Waals surface area contributed by atoms with Crippen LogP contribution in [0.4, 0.5) is 14.9 Å². The lowest BCUT2D eigenvalue weighted by Crippen LogP contribution is -2.30. The lowest BCUT2D eigenvalue weighted by Gasteiger charge is -2.15. The first-order valence-electron chi connectivity index (χ1n) is 8.04. The van der Waals surface area contributed by atoms with E-state index in [2.05, 4.69) is 10.6 Å². The van der Waals surface area contributed by atoms with Crippen LogP contribution in [0, 0.1) is 5.82 Å². The first kappa shape index (κ1) is 18.4. The Kier molecular flexibility index (Phi) is 6.51. The van der Waals surface area contributed by atoms with Gasteiger partial charge in [-0.3, -0.25) is 4.79 Å². The average Bonchev–Trinajstić information content (AvgIpc) is 2.57. The highest BCUT2D eigenvalue weighted by atomic mass is 19.1. The zero-order chi connectivity index (χ0) is 18.2. The molecular formula is C19H22FN3O2. The molecule has 0 atom stereocenters. The Bertz CT molecular complexity index is 749. The number of carbonyl (C=O) groups excluding carboxylic acids is 2. The monoisotopic (exact) mass is 343 g/mol. The van der Waals surface area contributed by atoms with Crippen LogP contribution in [0.1, 0.15) is 18.1 Å². The van der Waals surface area contributed by atoms with Crippen molar-refractivity contribution in [2.75, 3.05) is 18.9 Å². The van der Waals surface area contributed by atoms with Crippen LogP contribution in [0.2, 0.25) is 0 Å². The highest BCUT2D eigenvalue weighted by Crippen LogP contribution is 2.12. The maximum absolute atomic E-state index is 13.5. The molecule has 0 aliphatic rings. The number of carbonyl (C=O) groups is 2. The van der Waals surface area contributed by atoms with Crippen LogP contribution in [0.15, 0.2) is 48.5 Å². The fourth-order valence-corrected chi connectivity index (χ4v) is 2.32. The Balaban J connectivity index is 1.84. The molecule has 5 nitrogen and oxygen atoms in total. The largest absolute Gasteiger partial charge is 0.342 e. The van der Waals surface area contributed by atoms with Gasteiger partial charge in [-0.1, -0.05) is 30.3 Å². The molecule has 0 fully saturated rings. The SMILES string of the molecule is CC(=O)N(C)Cc1cccc(NC(=O)NCCc2ccccc2F)c1. The molecule has 0 heterocycles. The molecule has 6 heteroatoms. The van der Waals surface area contributed by atoms with Gasteiger partial charge in [0.25, 0.3) is 0 Å². The minimum atomic E-state index is -0.353. The van der Waals surface area contributed by atoms with Gasteiger partial charge in [0.05, 0.1) is 0 Å². The topological polar surface area (TPSA) is 61.4 Å². The van der Waals surface area contributed by atoms with Gasteiger partial charge in [0.15, 0.2) is 0 Å². The lowest BCUT2D eigenvalue weighted by atomic mass is 10.1. The molecule has 0 aliphatic heterocycles. The summed E-state index contributed by atoms with van der Waals surface area (Å²) in [7, 11) is 1.72. The quantitative estimate of drug-likeness (QED) is 0.846. The molecule has 2 N–H and O–H groups in total. The van der Waals surface area contributed by atoms with E-state index in [-0.39, 0.29) is 17.8 Å². The van der Waals surface area contributed by atoms with Crippen molar-refractivity contribution in [1.82, 2.24) is 10.2 Å². The van der Waals surface area contributed by atoms with Crippen LogP contribution in [0.5, 0.6) is 0 Å². The highest BCUT2D eigenvalue weighted by Gasteiger charge is 2.06. The number of anilines is 1. The summed E-state index contributed by atoms with van der Waals surface area (Å²) in [5.74, 6) is -0.295. The Hall–Kier alpha value is -2.89. The average molecular weight is 343 g/mol. The van der Waals surface area contributed by atoms with Crippen molar-refractivity contribution in [3.8, 4) is 0 Å². The molecule has 0 aliphatic carbocycles. The van der Waals surface area contributed by atoms with Crippen LogP contribution in [-0.4, -0.2) is 30.4 Å². The van der Waals surface area contributed by atoms with Gasteiger partial charge in [0, 0.05) is 32.7 Å². The van der Waals surface area contributed by atoms with E-state index in [0.717, 1.165) is 5.56 Å². The second-order valence-corrected chi connectivity index (χ2v) is 5.80. The number of rotatable bonds is 6. The summed E-state index contributed by atoms with van der Waals surface area (Å²) >= 11 is 0. The summed E-state index contributed by atoms with van der Waals surface area (Å²) in [5.41, 5.74) is 2.12. The van der Waals surface area contributed by atoms with Gasteiger partial charge in [0.1, 0.15) is 5.82 Å². The van der Waals surface area contributed by atoms with Gasteiger partial charge in [-0.15, -0.1) is 0 Å². The third-order valence-corrected chi connectivity index (χ3v) is 3.78. The van der Waals surface area contributed by atoms with Gasteiger partial charge in [-0.05, 0) is 35.7 Å². The maximum Gasteiger partial charge on any atom is 0.319 e. The van der Waals surface area contributed by atoms with Gasteiger partial charge in [-0.25, -0.2) is 9.18 Å². The van der Waals surface area contributed by atoms with Crippen LogP contribution in [0.25, 0.3) is 0 Å². The number of hydrogen-bond donors (Lipinski definition) is 2. The normalized spacial score (nSPS) is 10.2. The summed E-state index contributed by atoms with van der Waals surface area (Å²) in [5, 5.41) is 5.44. The summed E-state index contributed by atoms with van der Waals surface area (Å²) in [6.45, 7) is 2.31. The molecule has 2 aromatic carbocycles. The predicted molar refractivity (Wildman–Crippen MR) is 95.7 cm³/mol. The third kappa shape index (κ3) is 5.91. The van der Waals surface area contributed by atoms with Crippen LogP contribution in [0.3, 0.4) is 0 Å². The van der Waals surface area contributed by atoms with E-state index in [1.165, 1.54) is 13.0 Å².